The minimum Gasteiger partial charge on any atom is -0.302 e. The van der Waals surface area contributed by atoms with Crippen LogP contribution in [0.15, 0.2) is 35.5 Å². The van der Waals surface area contributed by atoms with Crippen LogP contribution in [0.1, 0.15) is 46.0 Å². The fourth-order valence-electron chi connectivity index (χ4n) is 2.35. The summed E-state index contributed by atoms with van der Waals surface area (Å²) in [4.78, 5) is 0. The number of unbranched alkanes of at least 4 members (excludes halogenated alkanes) is 4. The van der Waals surface area contributed by atoms with Gasteiger partial charge in [-0.05, 0) is 13.3 Å². The van der Waals surface area contributed by atoms with E-state index in [1.54, 1.807) is 0 Å². The van der Waals surface area contributed by atoms with Crippen LogP contribution in [0.2, 0.25) is 0 Å². The zero-order chi connectivity index (χ0) is 14.9. The molecule has 0 fully saturated rings. The van der Waals surface area contributed by atoms with Crippen LogP contribution in [0, 0.1) is 0 Å². The topological polar surface area (TPSA) is 30.7 Å². The summed E-state index contributed by atoms with van der Waals surface area (Å²) in [5.74, 6) is 2.11. The summed E-state index contributed by atoms with van der Waals surface area (Å²) in [6, 6.07) is 10.3. The van der Waals surface area contributed by atoms with Crippen LogP contribution in [-0.2, 0) is 6.54 Å². The van der Waals surface area contributed by atoms with Gasteiger partial charge in [-0.25, -0.2) is 0 Å². The van der Waals surface area contributed by atoms with Gasteiger partial charge in [0.1, 0.15) is 0 Å². The third kappa shape index (κ3) is 4.60. The molecule has 21 heavy (non-hydrogen) atoms. The Kier molecular flexibility index (Phi) is 6.80. The highest BCUT2D eigenvalue weighted by molar-refractivity contribution is 7.99. The summed E-state index contributed by atoms with van der Waals surface area (Å²) < 4.78 is 2.21. The molecule has 114 valence electrons. The van der Waals surface area contributed by atoms with Gasteiger partial charge in [0, 0.05) is 17.9 Å². The Morgan fingerprint density at radius 2 is 1.71 bits per heavy atom. The third-order valence-corrected chi connectivity index (χ3v) is 4.60. The molecular formula is C17H25N3S. The van der Waals surface area contributed by atoms with E-state index in [2.05, 4.69) is 40.7 Å². The largest absolute Gasteiger partial charge is 0.302 e. The smallest absolute Gasteiger partial charge is 0.191 e. The van der Waals surface area contributed by atoms with E-state index < -0.39 is 0 Å². The molecule has 1 heterocycles. The van der Waals surface area contributed by atoms with E-state index in [0.29, 0.717) is 0 Å². The van der Waals surface area contributed by atoms with Gasteiger partial charge in [0.05, 0.1) is 0 Å². The summed E-state index contributed by atoms with van der Waals surface area (Å²) in [7, 11) is 0. The van der Waals surface area contributed by atoms with Crippen LogP contribution in [0.25, 0.3) is 11.4 Å². The van der Waals surface area contributed by atoms with Crippen molar-refractivity contribution in [3.05, 3.63) is 30.3 Å². The van der Waals surface area contributed by atoms with Gasteiger partial charge in [-0.3, -0.25) is 0 Å². The molecule has 0 saturated carbocycles. The van der Waals surface area contributed by atoms with Crippen molar-refractivity contribution < 1.29 is 0 Å². The number of aromatic nitrogens is 3. The van der Waals surface area contributed by atoms with Gasteiger partial charge in [0.25, 0.3) is 0 Å². The van der Waals surface area contributed by atoms with E-state index in [9.17, 15) is 0 Å². The van der Waals surface area contributed by atoms with Gasteiger partial charge in [-0.1, -0.05) is 74.7 Å². The lowest BCUT2D eigenvalue weighted by atomic mass is 10.2. The number of rotatable bonds is 9. The first-order chi connectivity index (χ1) is 10.4. The Bertz CT molecular complexity index is 522. The molecule has 0 unspecified atom stereocenters. The van der Waals surface area contributed by atoms with Crippen LogP contribution in [0.4, 0.5) is 0 Å². The van der Waals surface area contributed by atoms with Crippen molar-refractivity contribution in [1.29, 1.82) is 0 Å². The Balaban J connectivity index is 1.94. The minimum atomic E-state index is 0.912. The number of benzene rings is 1. The van der Waals surface area contributed by atoms with Gasteiger partial charge in [-0.2, -0.15) is 0 Å². The number of thioether (sulfide) groups is 1. The Labute approximate surface area is 132 Å². The van der Waals surface area contributed by atoms with Crippen LogP contribution in [0.3, 0.4) is 0 Å². The Morgan fingerprint density at radius 1 is 0.952 bits per heavy atom. The van der Waals surface area contributed by atoms with Crippen molar-refractivity contribution in [1.82, 2.24) is 14.8 Å². The molecule has 0 amide bonds. The molecule has 4 heteroatoms. The average Bonchev–Trinajstić information content (AvgIpc) is 2.94. The van der Waals surface area contributed by atoms with Crippen LogP contribution >= 0.6 is 11.8 Å². The highest BCUT2D eigenvalue weighted by Gasteiger charge is 2.12. The molecule has 1 aromatic carbocycles. The second-order valence-corrected chi connectivity index (χ2v) is 6.24. The van der Waals surface area contributed by atoms with Crippen molar-refractivity contribution in [2.45, 2.75) is 57.7 Å². The lowest BCUT2D eigenvalue weighted by Gasteiger charge is -2.07. The Morgan fingerprint density at radius 3 is 2.43 bits per heavy atom. The van der Waals surface area contributed by atoms with Crippen LogP contribution < -0.4 is 0 Å². The lowest BCUT2D eigenvalue weighted by Crippen LogP contribution is -2.00. The van der Waals surface area contributed by atoms with E-state index in [4.69, 9.17) is 0 Å². The standard InChI is InChI=1S/C17H25N3S/c1-3-5-6-7-11-14-21-17-19-18-16(20(17)4-2)15-12-9-8-10-13-15/h8-10,12-13H,3-7,11,14H2,1-2H3. The molecule has 0 aliphatic heterocycles. The number of hydrogen-bond donors (Lipinski definition) is 0. The summed E-state index contributed by atoms with van der Waals surface area (Å²) >= 11 is 1.83. The summed E-state index contributed by atoms with van der Waals surface area (Å²) in [6.45, 7) is 5.32. The summed E-state index contributed by atoms with van der Waals surface area (Å²) in [6.07, 6.45) is 6.60. The average molecular weight is 303 g/mol. The maximum atomic E-state index is 4.38. The lowest BCUT2D eigenvalue weighted by molar-refractivity contribution is 0.656. The van der Waals surface area contributed by atoms with E-state index >= 15 is 0 Å². The van der Waals surface area contributed by atoms with Gasteiger partial charge >= 0.3 is 0 Å². The minimum absolute atomic E-state index is 0.912. The quantitative estimate of drug-likeness (QED) is 0.481. The number of hydrogen-bond acceptors (Lipinski definition) is 3. The van der Waals surface area contributed by atoms with Crippen molar-refractivity contribution in [2.24, 2.45) is 0 Å². The van der Waals surface area contributed by atoms with Crippen LogP contribution in [-0.4, -0.2) is 20.5 Å². The molecule has 0 radical (unpaired) electrons. The summed E-state index contributed by atoms with van der Waals surface area (Å²) in [5, 5.41) is 9.80. The fourth-order valence-corrected chi connectivity index (χ4v) is 3.35. The number of nitrogens with zero attached hydrogens (tertiary/aromatic N) is 3. The van der Waals surface area contributed by atoms with E-state index in [-0.39, 0.29) is 0 Å². The first-order valence-electron chi connectivity index (χ1n) is 7.98. The van der Waals surface area contributed by atoms with Crippen molar-refractivity contribution in [3.63, 3.8) is 0 Å². The Hall–Kier alpha value is -1.29. The highest BCUT2D eigenvalue weighted by Crippen LogP contribution is 2.24. The van der Waals surface area contributed by atoms with Gasteiger partial charge in [0.2, 0.25) is 0 Å². The fraction of sp³-hybridized carbons (Fsp3) is 0.529. The molecule has 2 rings (SSSR count). The second-order valence-electron chi connectivity index (χ2n) is 5.18. The first kappa shape index (κ1) is 16.1. The zero-order valence-electron chi connectivity index (χ0n) is 13.1. The molecule has 0 aliphatic carbocycles. The van der Waals surface area contributed by atoms with Crippen molar-refractivity contribution in [3.8, 4) is 11.4 Å². The van der Waals surface area contributed by atoms with Crippen molar-refractivity contribution >= 4 is 11.8 Å². The van der Waals surface area contributed by atoms with E-state index in [1.807, 2.05) is 30.0 Å². The van der Waals surface area contributed by atoms with Gasteiger partial charge in [0.15, 0.2) is 11.0 Å². The van der Waals surface area contributed by atoms with Crippen molar-refractivity contribution in [2.75, 3.05) is 5.75 Å². The molecule has 0 aliphatic rings. The summed E-state index contributed by atoms with van der Waals surface area (Å²) in [5.41, 5.74) is 1.14. The molecule has 3 nitrogen and oxygen atoms in total. The third-order valence-electron chi connectivity index (χ3n) is 3.54. The monoisotopic (exact) mass is 303 g/mol. The first-order valence-corrected chi connectivity index (χ1v) is 8.96. The maximum absolute atomic E-state index is 4.38. The maximum Gasteiger partial charge on any atom is 0.191 e. The predicted octanol–water partition coefficient (Wildman–Crippen LogP) is 5.03. The molecule has 0 bridgehead atoms. The van der Waals surface area contributed by atoms with Gasteiger partial charge < -0.3 is 4.57 Å². The second kappa shape index (κ2) is 8.88. The molecule has 1 aromatic heterocycles. The van der Waals surface area contributed by atoms with Gasteiger partial charge in [-0.15, -0.1) is 10.2 Å². The molecule has 0 N–H and O–H groups in total. The predicted molar refractivity (Wildman–Crippen MR) is 90.6 cm³/mol. The normalized spacial score (nSPS) is 11.0. The molecular weight excluding hydrogens is 278 g/mol. The zero-order valence-corrected chi connectivity index (χ0v) is 13.9. The molecule has 0 saturated heterocycles. The van der Waals surface area contributed by atoms with E-state index in [1.165, 1.54) is 32.1 Å². The van der Waals surface area contributed by atoms with E-state index in [0.717, 1.165) is 28.8 Å². The molecule has 0 atom stereocenters. The SMILES string of the molecule is CCCCCCCSc1nnc(-c2ccccc2)n1CC. The van der Waals surface area contributed by atoms with Crippen LogP contribution in [0.5, 0.6) is 0 Å². The molecule has 2 aromatic rings. The highest BCUT2D eigenvalue weighted by atomic mass is 32.2. The molecule has 0 spiro atoms.